The van der Waals surface area contributed by atoms with Crippen molar-refractivity contribution >= 4 is 45.4 Å². The minimum Gasteiger partial charge on any atom is -0.341 e. The molecule has 8 heteroatoms. The van der Waals surface area contributed by atoms with Gasteiger partial charge in [0.1, 0.15) is 16.9 Å². The van der Waals surface area contributed by atoms with Gasteiger partial charge in [-0.2, -0.15) is 8.75 Å². The zero-order chi connectivity index (χ0) is 18.9. The summed E-state index contributed by atoms with van der Waals surface area (Å²) in [7, 11) is 0. The lowest BCUT2D eigenvalue weighted by Gasteiger charge is -2.30. The zero-order valence-electron chi connectivity index (χ0n) is 15.3. The van der Waals surface area contributed by atoms with Crippen LogP contribution in [0.5, 0.6) is 0 Å². The highest BCUT2D eigenvalue weighted by molar-refractivity contribution is 7.00. The van der Waals surface area contributed by atoms with E-state index in [-0.39, 0.29) is 11.8 Å². The summed E-state index contributed by atoms with van der Waals surface area (Å²) in [6.45, 7) is 2.56. The quantitative estimate of drug-likeness (QED) is 0.556. The molecule has 2 aromatic carbocycles. The molecule has 7 nitrogen and oxygen atoms in total. The number of carbonyl (C=O) groups is 1. The first-order valence-electron chi connectivity index (χ1n) is 9.44. The second-order valence-corrected chi connectivity index (χ2v) is 7.71. The summed E-state index contributed by atoms with van der Waals surface area (Å²) in [6.07, 6.45) is 1.69. The van der Waals surface area contributed by atoms with Crippen molar-refractivity contribution in [1.82, 2.24) is 23.6 Å². The summed E-state index contributed by atoms with van der Waals surface area (Å²) in [4.78, 5) is 23.1. The number of nitrogens with one attached hydrogen (secondary N) is 2. The van der Waals surface area contributed by atoms with Gasteiger partial charge in [-0.3, -0.25) is 9.69 Å². The highest BCUT2D eigenvalue weighted by atomic mass is 32.1. The number of H-pyrrole nitrogens is 1. The van der Waals surface area contributed by atoms with Crippen molar-refractivity contribution in [2.24, 2.45) is 5.92 Å². The Bertz CT molecular complexity index is 1090. The van der Waals surface area contributed by atoms with E-state index in [1.165, 1.54) is 11.7 Å². The van der Waals surface area contributed by atoms with Crippen LogP contribution in [0.15, 0.2) is 42.5 Å². The third-order valence-corrected chi connectivity index (χ3v) is 5.86. The molecule has 0 spiro atoms. The van der Waals surface area contributed by atoms with E-state index in [9.17, 15) is 4.79 Å². The molecule has 1 fully saturated rings. The molecule has 1 aliphatic rings. The molecule has 1 amide bonds. The Morgan fingerprint density at radius 1 is 1.11 bits per heavy atom. The number of imidazole rings is 1. The summed E-state index contributed by atoms with van der Waals surface area (Å²) < 4.78 is 8.52. The van der Waals surface area contributed by atoms with Crippen LogP contribution in [0, 0.1) is 5.92 Å². The van der Waals surface area contributed by atoms with Gasteiger partial charge >= 0.3 is 0 Å². The normalized spacial score (nSPS) is 16.0. The van der Waals surface area contributed by atoms with Gasteiger partial charge in [0.25, 0.3) is 0 Å². The van der Waals surface area contributed by atoms with Gasteiger partial charge in [0, 0.05) is 5.92 Å². The number of aromatic nitrogens is 4. The SMILES string of the molecule is O=C(Nc1cccc2nsnc12)C1CCN(Cc2nc3ccccc3[nH]2)CC1. The maximum atomic E-state index is 12.7. The van der Waals surface area contributed by atoms with E-state index in [2.05, 4.69) is 28.9 Å². The summed E-state index contributed by atoms with van der Waals surface area (Å²) >= 11 is 1.17. The van der Waals surface area contributed by atoms with E-state index in [1.54, 1.807) is 0 Å². The molecule has 142 valence electrons. The molecule has 5 rings (SSSR count). The minimum absolute atomic E-state index is 0.0220. The number of fused-ring (bicyclic) bond motifs is 2. The fourth-order valence-electron chi connectivity index (χ4n) is 3.79. The predicted molar refractivity (Wildman–Crippen MR) is 110 cm³/mol. The van der Waals surface area contributed by atoms with Gasteiger partial charge in [0.05, 0.1) is 35.0 Å². The Morgan fingerprint density at radius 2 is 1.93 bits per heavy atom. The highest BCUT2D eigenvalue weighted by Gasteiger charge is 2.26. The number of benzene rings is 2. The first kappa shape index (κ1) is 17.3. The van der Waals surface area contributed by atoms with Gasteiger partial charge < -0.3 is 10.3 Å². The molecule has 2 N–H and O–H groups in total. The van der Waals surface area contributed by atoms with Crippen LogP contribution < -0.4 is 5.32 Å². The monoisotopic (exact) mass is 392 g/mol. The summed E-state index contributed by atoms with van der Waals surface area (Å²) in [5, 5.41) is 3.05. The van der Waals surface area contributed by atoms with Crippen LogP contribution >= 0.6 is 11.7 Å². The zero-order valence-corrected chi connectivity index (χ0v) is 16.1. The Hall–Kier alpha value is -2.84. The van der Waals surface area contributed by atoms with Gasteiger partial charge in [-0.15, -0.1) is 0 Å². The number of carbonyl (C=O) groups excluding carboxylic acids is 1. The van der Waals surface area contributed by atoms with E-state index < -0.39 is 0 Å². The van der Waals surface area contributed by atoms with Crippen LogP contribution in [0.1, 0.15) is 18.7 Å². The molecule has 0 saturated carbocycles. The van der Waals surface area contributed by atoms with Crippen LogP contribution in [0.4, 0.5) is 5.69 Å². The minimum atomic E-state index is 0.0220. The van der Waals surface area contributed by atoms with E-state index in [0.717, 1.165) is 66.1 Å². The standard InChI is InChI=1S/C20H20N6OS/c27-20(23-16-6-3-7-17-19(16)25-28-24-17)13-8-10-26(11-9-13)12-18-21-14-4-1-2-5-15(14)22-18/h1-7,13H,8-12H2,(H,21,22)(H,23,27). The van der Waals surface area contributed by atoms with Crippen LogP contribution in [0.2, 0.25) is 0 Å². The molecular weight excluding hydrogens is 372 g/mol. The number of piperidine rings is 1. The highest BCUT2D eigenvalue weighted by Crippen LogP contribution is 2.25. The Labute approximate surface area is 166 Å². The molecule has 4 aromatic rings. The molecule has 0 bridgehead atoms. The van der Waals surface area contributed by atoms with E-state index in [0.29, 0.717) is 0 Å². The lowest BCUT2D eigenvalue weighted by Crippen LogP contribution is -2.38. The third kappa shape index (κ3) is 3.36. The van der Waals surface area contributed by atoms with E-state index in [1.807, 2.05) is 42.5 Å². The van der Waals surface area contributed by atoms with Crippen LogP contribution in [0.25, 0.3) is 22.1 Å². The number of anilines is 1. The fraction of sp³-hybridized carbons (Fsp3) is 0.300. The third-order valence-electron chi connectivity index (χ3n) is 5.31. The lowest BCUT2D eigenvalue weighted by atomic mass is 9.95. The molecular formula is C20H20N6OS. The van der Waals surface area contributed by atoms with Crippen LogP contribution in [0.3, 0.4) is 0 Å². The summed E-state index contributed by atoms with van der Waals surface area (Å²) in [5.41, 5.74) is 4.41. The molecule has 1 saturated heterocycles. The number of para-hydroxylation sites is 2. The Morgan fingerprint density at radius 3 is 2.79 bits per heavy atom. The van der Waals surface area contributed by atoms with E-state index >= 15 is 0 Å². The molecule has 0 unspecified atom stereocenters. The fourth-order valence-corrected chi connectivity index (χ4v) is 4.34. The van der Waals surface area contributed by atoms with Crippen molar-refractivity contribution < 1.29 is 4.79 Å². The first-order chi connectivity index (χ1) is 13.8. The average Bonchev–Trinajstić information content (AvgIpc) is 3.35. The van der Waals surface area contributed by atoms with Crippen molar-refractivity contribution in [2.75, 3.05) is 18.4 Å². The van der Waals surface area contributed by atoms with Crippen molar-refractivity contribution in [3.63, 3.8) is 0 Å². The van der Waals surface area contributed by atoms with Crippen molar-refractivity contribution in [3.8, 4) is 0 Å². The maximum Gasteiger partial charge on any atom is 0.227 e. The second kappa shape index (κ2) is 7.29. The number of amides is 1. The lowest BCUT2D eigenvalue weighted by molar-refractivity contribution is -0.121. The van der Waals surface area contributed by atoms with Crippen molar-refractivity contribution in [2.45, 2.75) is 19.4 Å². The van der Waals surface area contributed by atoms with Crippen molar-refractivity contribution in [1.29, 1.82) is 0 Å². The number of aromatic amines is 1. The van der Waals surface area contributed by atoms with Gasteiger partial charge in [-0.25, -0.2) is 4.98 Å². The largest absolute Gasteiger partial charge is 0.341 e. The number of hydrogen-bond acceptors (Lipinski definition) is 6. The number of rotatable bonds is 4. The van der Waals surface area contributed by atoms with Crippen molar-refractivity contribution in [3.05, 3.63) is 48.3 Å². The molecule has 1 aliphatic heterocycles. The average molecular weight is 392 g/mol. The van der Waals surface area contributed by atoms with E-state index in [4.69, 9.17) is 0 Å². The maximum absolute atomic E-state index is 12.7. The Balaban J connectivity index is 1.19. The number of hydrogen-bond donors (Lipinski definition) is 2. The summed E-state index contributed by atoms with van der Waals surface area (Å²) in [5.74, 6) is 1.07. The molecule has 0 atom stereocenters. The van der Waals surface area contributed by atoms with Crippen LogP contribution in [-0.2, 0) is 11.3 Å². The molecule has 2 aromatic heterocycles. The van der Waals surface area contributed by atoms with Gasteiger partial charge in [0.2, 0.25) is 5.91 Å². The molecule has 3 heterocycles. The molecule has 28 heavy (non-hydrogen) atoms. The number of likely N-dealkylation sites (tertiary alicyclic amines) is 1. The topological polar surface area (TPSA) is 86.8 Å². The number of nitrogens with zero attached hydrogens (tertiary/aromatic N) is 4. The molecule has 0 aliphatic carbocycles. The first-order valence-corrected chi connectivity index (χ1v) is 10.2. The van der Waals surface area contributed by atoms with Crippen LogP contribution in [-0.4, -0.2) is 42.6 Å². The van der Waals surface area contributed by atoms with Gasteiger partial charge in [-0.05, 0) is 50.2 Å². The predicted octanol–water partition coefficient (Wildman–Crippen LogP) is 3.42. The van der Waals surface area contributed by atoms with Gasteiger partial charge in [0.15, 0.2) is 0 Å². The molecule has 0 radical (unpaired) electrons. The summed E-state index contributed by atoms with van der Waals surface area (Å²) in [6, 6.07) is 13.8. The Kier molecular flexibility index (Phi) is 4.50. The smallest absolute Gasteiger partial charge is 0.227 e. The van der Waals surface area contributed by atoms with Gasteiger partial charge in [-0.1, -0.05) is 18.2 Å². The second-order valence-electron chi connectivity index (χ2n) is 7.18.